The van der Waals surface area contributed by atoms with E-state index in [2.05, 4.69) is 5.32 Å². The van der Waals surface area contributed by atoms with Gasteiger partial charge in [0.05, 0.1) is 4.88 Å². The highest BCUT2D eigenvalue weighted by Gasteiger charge is 2.31. The third-order valence-electron chi connectivity index (χ3n) is 5.07. The molecule has 1 aliphatic carbocycles. The summed E-state index contributed by atoms with van der Waals surface area (Å²) in [5, 5.41) is 4.59. The average molecular weight is 363 g/mol. The summed E-state index contributed by atoms with van der Waals surface area (Å²) in [4.78, 5) is 41.3. The Labute approximate surface area is 152 Å². The van der Waals surface area contributed by atoms with Gasteiger partial charge < -0.3 is 15.1 Å². The van der Waals surface area contributed by atoms with Crippen LogP contribution in [-0.4, -0.2) is 59.7 Å². The number of carbonyl (C=O) groups excluding carboxylic acids is 3. The van der Waals surface area contributed by atoms with E-state index in [1.165, 1.54) is 11.3 Å². The van der Waals surface area contributed by atoms with Crippen LogP contribution in [0.2, 0.25) is 0 Å². The van der Waals surface area contributed by atoms with E-state index in [4.69, 9.17) is 0 Å². The van der Waals surface area contributed by atoms with Gasteiger partial charge in [-0.1, -0.05) is 18.9 Å². The highest BCUT2D eigenvalue weighted by atomic mass is 32.1. The van der Waals surface area contributed by atoms with Gasteiger partial charge in [-0.15, -0.1) is 11.3 Å². The molecule has 1 aromatic rings. The van der Waals surface area contributed by atoms with Gasteiger partial charge >= 0.3 is 0 Å². The Bertz CT molecular complexity index is 618. The molecular formula is C18H25N3O3S. The van der Waals surface area contributed by atoms with Gasteiger partial charge in [-0.05, 0) is 31.2 Å². The molecule has 1 saturated heterocycles. The summed E-state index contributed by atoms with van der Waals surface area (Å²) in [5.41, 5.74) is 0. The summed E-state index contributed by atoms with van der Waals surface area (Å²) in [6.07, 6.45) is 4.31. The molecule has 3 amide bonds. The summed E-state index contributed by atoms with van der Waals surface area (Å²) < 4.78 is 0. The van der Waals surface area contributed by atoms with Gasteiger partial charge in [0, 0.05) is 32.1 Å². The first-order valence-electron chi connectivity index (χ1n) is 8.98. The Morgan fingerprint density at radius 1 is 1.12 bits per heavy atom. The molecule has 1 unspecified atom stereocenters. The lowest BCUT2D eigenvalue weighted by molar-refractivity contribution is -0.142. The van der Waals surface area contributed by atoms with Crippen molar-refractivity contribution in [2.75, 3.05) is 26.2 Å². The van der Waals surface area contributed by atoms with E-state index >= 15 is 0 Å². The molecule has 1 aliphatic heterocycles. The van der Waals surface area contributed by atoms with Gasteiger partial charge in [0.1, 0.15) is 6.04 Å². The lowest BCUT2D eigenvalue weighted by Gasteiger charge is -2.37. The lowest BCUT2D eigenvalue weighted by atomic mass is 10.1. The number of piperazine rings is 1. The van der Waals surface area contributed by atoms with E-state index in [9.17, 15) is 14.4 Å². The Hall–Kier alpha value is -1.89. The molecule has 6 nitrogen and oxygen atoms in total. The van der Waals surface area contributed by atoms with E-state index in [0.29, 0.717) is 31.1 Å². The maximum atomic E-state index is 12.5. The summed E-state index contributed by atoms with van der Waals surface area (Å²) in [7, 11) is 0. The zero-order valence-electron chi connectivity index (χ0n) is 14.6. The van der Waals surface area contributed by atoms with Crippen molar-refractivity contribution in [2.45, 2.75) is 38.6 Å². The molecular weight excluding hydrogens is 338 g/mol. The van der Waals surface area contributed by atoms with E-state index in [1.807, 2.05) is 16.3 Å². The highest BCUT2D eigenvalue weighted by Crippen LogP contribution is 2.27. The predicted molar refractivity (Wildman–Crippen MR) is 96.4 cm³/mol. The highest BCUT2D eigenvalue weighted by molar-refractivity contribution is 7.12. The van der Waals surface area contributed by atoms with Crippen molar-refractivity contribution in [1.29, 1.82) is 0 Å². The first kappa shape index (κ1) is 17.9. The number of carbonyl (C=O) groups is 3. The van der Waals surface area contributed by atoms with Gasteiger partial charge in [-0.25, -0.2) is 0 Å². The summed E-state index contributed by atoms with van der Waals surface area (Å²) in [6.45, 7) is 3.97. The Morgan fingerprint density at radius 3 is 2.36 bits per heavy atom. The number of amides is 3. The zero-order valence-corrected chi connectivity index (χ0v) is 15.4. The summed E-state index contributed by atoms with van der Waals surface area (Å²) in [5.74, 6) is 0.138. The fraction of sp³-hybridized carbons (Fsp3) is 0.611. The maximum absolute atomic E-state index is 12.5. The second-order valence-corrected chi connectivity index (χ2v) is 7.75. The van der Waals surface area contributed by atoms with Crippen LogP contribution in [0.25, 0.3) is 0 Å². The molecule has 3 rings (SSSR count). The lowest BCUT2D eigenvalue weighted by Crippen LogP contribution is -2.55. The normalized spacial score (nSPS) is 19.7. The topological polar surface area (TPSA) is 69.7 Å². The van der Waals surface area contributed by atoms with Crippen molar-refractivity contribution >= 4 is 29.1 Å². The standard InChI is InChI=1S/C18H25N3O3S/c1-13(19-16(22)15-7-4-12-25-15)17(23)20-8-10-21(11-9-20)18(24)14-5-2-3-6-14/h4,7,12-14H,2-3,5-6,8-11H2,1H3,(H,19,22). The van der Waals surface area contributed by atoms with Crippen LogP contribution >= 0.6 is 11.3 Å². The van der Waals surface area contributed by atoms with Crippen molar-refractivity contribution in [3.63, 3.8) is 0 Å². The van der Waals surface area contributed by atoms with E-state index in [-0.39, 0.29) is 23.6 Å². The third-order valence-corrected chi connectivity index (χ3v) is 5.94. The minimum Gasteiger partial charge on any atom is -0.340 e. The van der Waals surface area contributed by atoms with Gasteiger partial charge in [0.25, 0.3) is 5.91 Å². The van der Waals surface area contributed by atoms with Crippen molar-refractivity contribution in [2.24, 2.45) is 5.92 Å². The Balaban J connectivity index is 1.47. The van der Waals surface area contributed by atoms with Crippen LogP contribution in [0.3, 0.4) is 0 Å². The predicted octanol–water partition coefficient (Wildman–Crippen LogP) is 1.73. The molecule has 0 aromatic carbocycles. The number of thiophene rings is 1. The fourth-order valence-corrected chi connectivity index (χ4v) is 4.22. The fourth-order valence-electron chi connectivity index (χ4n) is 3.59. The molecule has 136 valence electrons. The molecule has 1 saturated carbocycles. The monoisotopic (exact) mass is 363 g/mol. The Kier molecular flexibility index (Phi) is 5.73. The van der Waals surface area contributed by atoms with E-state index < -0.39 is 6.04 Å². The molecule has 0 radical (unpaired) electrons. The second-order valence-electron chi connectivity index (χ2n) is 6.80. The van der Waals surface area contributed by atoms with E-state index in [1.54, 1.807) is 17.9 Å². The van der Waals surface area contributed by atoms with Gasteiger partial charge in [-0.3, -0.25) is 14.4 Å². The van der Waals surface area contributed by atoms with Gasteiger partial charge in [0.2, 0.25) is 11.8 Å². The SMILES string of the molecule is CC(NC(=O)c1cccs1)C(=O)N1CCN(C(=O)C2CCCC2)CC1. The van der Waals surface area contributed by atoms with Crippen LogP contribution in [0.15, 0.2) is 17.5 Å². The minimum absolute atomic E-state index is 0.0853. The van der Waals surface area contributed by atoms with Crippen molar-refractivity contribution in [1.82, 2.24) is 15.1 Å². The number of rotatable bonds is 4. The zero-order chi connectivity index (χ0) is 17.8. The van der Waals surface area contributed by atoms with Gasteiger partial charge in [-0.2, -0.15) is 0 Å². The van der Waals surface area contributed by atoms with Crippen LogP contribution in [0, 0.1) is 5.92 Å². The molecule has 0 spiro atoms. The molecule has 7 heteroatoms. The first-order chi connectivity index (χ1) is 12.1. The molecule has 2 heterocycles. The number of hydrogen-bond donors (Lipinski definition) is 1. The summed E-state index contributed by atoms with van der Waals surface area (Å²) >= 11 is 1.35. The molecule has 25 heavy (non-hydrogen) atoms. The number of nitrogens with zero attached hydrogens (tertiary/aromatic N) is 2. The molecule has 1 aromatic heterocycles. The van der Waals surface area contributed by atoms with Crippen LogP contribution < -0.4 is 5.32 Å². The molecule has 0 bridgehead atoms. The minimum atomic E-state index is -0.563. The average Bonchev–Trinajstić information content (AvgIpc) is 3.33. The van der Waals surface area contributed by atoms with Crippen LogP contribution in [0.5, 0.6) is 0 Å². The third kappa shape index (κ3) is 4.21. The van der Waals surface area contributed by atoms with Crippen molar-refractivity contribution in [3.05, 3.63) is 22.4 Å². The van der Waals surface area contributed by atoms with Crippen molar-refractivity contribution < 1.29 is 14.4 Å². The van der Waals surface area contributed by atoms with Crippen LogP contribution in [0.4, 0.5) is 0 Å². The van der Waals surface area contributed by atoms with E-state index in [0.717, 1.165) is 25.7 Å². The summed E-state index contributed by atoms with van der Waals surface area (Å²) in [6, 6.07) is 2.99. The number of hydrogen-bond acceptors (Lipinski definition) is 4. The molecule has 1 atom stereocenters. The molecule has 2 fully saturated rings. The largest absolute Gasteiger partial charge is 0.340 e. The smallest absolute Gasteiger partial charge is 0.261 e. The van der Waals surface area contributed by atoms with Crippen LogP contribution in [-0.2, 0) is 9.59 Å². The quantitative estimate of drug-likeness (QED) is 0.886. The van der Waals surface area contributed by atoms with Gasteiger partial charge in [0.15, 0.2) is 0 Å². The number of nitrogens with one attached hydrogen (secondary N) is 1. The van der Waals surface area contributed by atoms with Crippen LogP contribution in [0.1, 0.15) is 42.3 Å². The van der Waals surface area contributed by atoms with Crippen molar-refractivity contribution in [3.8, 4) is 0 Å². The molecule has 1 N–H and O–H groups in total. The second kappa shape index (κ2) is 7.99. The molecule has 2 aliphatic rings. The first-order valence-corrected chi connectivity index (χ1v) is 9.86. The Morgan fingerprint density at radius 2 is 1.76 bits per heavy atom. The maximum Gasteiger partial charge on any atom is 0.261 e.